The second-order valence-corrected chi connectivity index (χ2v) is 4.40. The summed E-state index contributed by atoms with van der Waals surface area (Å²) in [6.45, 7) is 3.80. The summed E-state index contributed by atoms with van der Waals surface area (Å²) in [5, 5.41) is 3.08. The summed E-state index contributed by atoms with van der Waals surface area (Å²) < 4.78 is 5.16. The molecule has 0 heterocycles. The molecule has 102 valence electrons. The molecule has 1 saturated carbocycles. The molecule has 2 unspecified atom stereocenters. The van der Waals surface area contributed by atoms with Crippen molar-refractivity contribution in [3.05, 3.63) is 0 Å². The zero-order valence-electron chi connectivity index (χ0n) is 10.6. The fraction of sp³-hybridized carbons (Fsp3) is 0.917. The van der Waals surface area contributed by atoms with Crippen LogP contribution in [0.5, 0.6) is 0 Å². The van der Waals surface area contributed by atoms with Crippen molar-refractivity contribution in [3.63, 3.8) is 0 Å². The summed E-state index contributed by atoms with van der Waals surface area (Å²) >= 11 is 0. The first-order chi connectivity index (χ1) is 7.77. The Kier molecular flexibility index (Phi) is 9.50. The van der Waals surface area contributed by atoms with Crippen molar-refractivity contribution < 1.29 is 9.53 Å². The molecular formula is C12H25ClN2O2. The zero-order chi connectivity index (χ0) is 11.8. The maximum atomic E-state index is 11.6. The van der Waals surface area contributed by atoms with E-state index in [0.29, 0.717) is 32.1 Å². The smallest absolute Gasteiger partial charge is 0.222 e. The summed E-state index contributed by atoms with van der Waals surface area (Å²) in [4.78, 5) is 11.6. The van der Waals surface area contributed by atoms with Crippen molar-refractivity contribution in [2.75, 3.05) is 19.8 Å². The molecule has 5 heteroatoms. The predicted octanol–water partition coefficient (Wildman–Crippen LogP) is 1.47. The van der Waals surface area contributed by atoms with Gasteiger partial charge in [-0.3, -0.25) is 4.79 Å². The number of nitrogens with one attached hydrogen (secondary N) is 1. The highest BCUT2D eigenvalue weighted by atomic mass is 35.5. The molecule has 17 heavy (non-hydrogen) atoms. The highest BCUT2D eigenvalue weighted by Crippen LogP contribution is 2.23. The van der Waals surface area contributed by atoms with E-state index in [1.165, 1.54) is 12.8 Å². The van der Waals surface area contributed by atoms with Crippen LogP contribution in [-0.4, -0.2) is 31.7 Å². The molecule has 0 bridgehead atoms. The van der Waals surface area contributed by atoms with E-state index in [1.54, 1.807) is 0 Å². The van der Waals surface area contributed by atoms with Crippen LogP contribution in [0.3, 0.4) is 0 Å². The number of rotatable bonds is 6. The van der Waals surface area contributed by atoms with Crippen LogP contribution >= 0.6 is 12.4 Å². The van der Waals surface area contributed by atoms with Crippen LogP contribution in [-0.2, 0) is 9.53 Å². The molecule has 1 amide bonds. The van der Waals surface area contributed by atoms with Gasteiger partial charge in [-0.1, -0.05) is 12.8 Å². The molecule has 1 aliphatic carbocycles. The monoisotopic (exact) mass is 264 g/mol. The van der Waals surface area contributed by atoms with Crippen molar-refractivity contribution in [3.8, 4) is 0 Å². The van der Waals surface area contributed by atoms with Crippen molar-refractivity contribution in [1.82, 2.24) is 5.32 Å². The van der Waals surface area contributed by atoms with E-state index in [9.17, 15) is 4.79 Å². The van der Waals surface area contributed by atoms with Crippen LogP contribution in [0.1, 0.15) is 39.0 Å². The fourth-order valence-electron chi connectivity index (χ4n) is 2.27. The van der Waals surface area contributed by atoms with Gasteiger partial charge < -0.3 is 15.8 Å². The summed E-state index contributed by atoms with van der Waals surface area (Å²) in [5.41, 5.74) is 5.72. The van der Waals surface area contributed by atoms with Gasteiger partial charge in [0.15, 0.2) is 0 Å². The minimum absolute atomic E-state index is 0. The maximum absolute atomic E-state index is 11.6. The Morgan fingerprint density at radius 3 is 2.76 bits per heavy atom. The van der Waals surface area contributed by atoms with Gasteiger partial charge in [0.25, 0.3) is 0 Å². The molecule has 1 aliphatic rings. The number of carbonyl (C=O) groups is 1. The van der Waals surface area contributed by atoms with E-state index in [1.807, 2.05) is 6.92 Å². The Balaban J connectivity index is 0.00000256. The minimum Gasteiger partial charge on any atom is -0.381 e. The molecule has 0 spiro atoms. The van der Waals surface area contributed by atoms with Crippen molar-refractivity contribution >= 4 is 18.3 Å². The average Bonchev–Trinajstić information content (AvgIpc) is 2.30. The van der Waals surface area contributed by atoms with E-state index in [-0.39, 0.29) is 24.4 Å². The van der Waals surface area contributed by atoms with Crippen LogP contribution in [0.15, 0.2) is 0 Å². The van der Waals surface area contributed by atoms with Gasteiger partial charge in [0.05, 0.1) is 6.61 Å². The third kappa shape index (κ3) is 6.24. The molecular weight excluding hydrogens is 240 g/mol. The molecule has 0 aromatic heterocycles. The number of carbonyl (C=O) groups excluding carboxylic acids is 1. The van der Waals surface area contributed by atoms with Gasteiger partial charge in [-0.15, -0.1) is 12.4 Å². The van der Waals surface area contributed by atoms with Crippen molar-refractivity contribution in [2.24, 2.45) is 11.7 Å². The second kappa shape index (κ2) is 9.68. The average molecular weight is 265 g/mol. The van der Waals surface area contributed by atoms with Gasteiger partial charge in [0.1, 0.15) is 0 Å². The van der Waals surface area contributed by atoms with E-state index < -0.39 is 0 Å². The van der Waals surface area contributed by atoms with E-state index in [2.05, 4.69) is 5.32 Å². The lowest BCUT2D eigenvalue weighted by Gasteiger charge is -2.31. The zero-order valence-corrected chi connectivity index (χ0v) is 11.4. The predicted molar refractivity (Wildman–Crippen MR) is 71.3 cm³/mol. The maximum Gasteiger partial charge on any atom is 0.222 e. The summed E-state index contributed by atoms with van der Waals surface area (Å²) in [6.07, 6.45) is 5.12. The molecule has 0 radical (unpaired) electrons. The minimum atomic E-state index is 0. The molecule has 0 aromatic rings. The Bertz CT molecular complexity index is 215. The second-order valence-electron chi connectivity index (χ2n) is 4.40. The molecule has 4 nitrogen and oxygen atoms in total. The number of nitrogens with two attached hydrogens (primary N) is 1. The van der Waals surface area contributed by atoms with Crippen molar-refractivity contribution in [2.45, 2.75) is 45.1 Å². The van der Waals surface area contributed by atoms with Crippen LogP contribution in [0.2, 0.25) is 0 Å². The van der Waals surface area contributed by atoms with Gasteiger partial charge in [0.2, 0.25) is 5.91 Å². The Labute approximate surface area is 110 Å². The van der Waals surface area contributed by atoms with Gasteiger partial charge >= 0.3 is 0 Å². The lowest BCUT2D eigenvalue weighted by atomic mass is 9.84. The summed E-state index contributed by atoms with van der Waals surface area (Å²) in [5.74, 6) is 0.559. The Morgan fingerprint density at radius 1 is 1.41 bits per heavy atom. The molecule has 0 aromatic carbocycles. The Hall–Kier alpha value is -0.320. The van der Waals surface area contributed by atoms with E-state index >= 15 is 0 Å². The number of hydrogen-bond acceptors (Lipinski definition) is 3. The lowest BCUT2D eigenvalue weighted by molar-refractivity contribution is -0.123. The highest BCUT2D eigenvalue weighted by Gasteiger charge is 2.24. The standard InChI is InChI=1S/C12H24N2O2.ClH/c1-2-16-8-7-12(15)14-11-6-4-3-5-10(11)9-13;/h10-11H,2-9,13H2,1H3,(H,14,15);1H. The third-order valence-electron chi connectivity index (χ3n) is 3.24. The van der Waals surface area contributed by atoms with E-state index in [4.69, 9.17) is 10.5 Å². The first kappa shape index (κ1) is 16.7. The lowest BCUT2D eigenvalue weighted by Crippen LogP contribution is -2.44. The number of amides is 1. The van der Waals surface area contributed by atoms with Crippen LogP contribution < -0.4 is 11.1 Å². The fourth-order valence-corrected chi connectivity index (χ4v) is 2.27. The van der Waals surface area contributed by atoms with Crippen LogP contribution in [0.4, 0.5) is 0 Å². The van der Waals surface area contributed by atoms with Gasteiger partial charge in [-0.05, 0) is 32.2 Å². The van der Waals surface area contributed by atoms with Crippen molar-refractivity contribution in [1.29, 1.82) is 0 Å². The SMILES string of the molecule is CCOCCC(=O)NC1CCCCC1CN.Cl. The number of ether oxygens (including phenoxy) is 1. The number of hydrogen-bond donors (Lipinski definition) is 2. The Morgan fingerprint density at radius 2 is 2.12 bits per heavy atom. The molecule has 1 rings (SSSR count). The van der Waals surface area contributed by atoms with Crippen LogP contribution in [0.25, 0.3) is 0 Å². The largest absolute Gasteiger partial charge is 0.381 e. The van der Waals surface area contributed by atoms with Crippen LogP contribution in [0, 0.1) is 5.92 Å². The van der Waals surface area contributed by atoms with Gasteiger partial charge in [0, 0.05) is 19.1 Å². The molecule has 1 fully saturated rings. The first-order valence-electron chi connectivity index (χ1n) is 6.35. The molecule has 0 saturated heterocycles. The first-order valence-corrected chi connectivity index (χ1v) is 6.35. The molecule has 3 N–H and O–H groups in total. The molecule has 2 atom stereocenters. The summed E-state index contributed by atoms with van der Waals surface area (Å²) in [7, 11) is 0. The topological polar surface area (TPSA) is 64.3 Å². The number of halogens is 1. The molecule has 0 aliphatic heterocycles. The highest BCUT2D eigenvalue weighted by molar-refractivity contribution is 5.85. The summed E-state index contributed by atoms with van der Waals surface area (Å²) in [6, 6.07) is 0.285. The van der Waals surface area contributed by atoms with Gasteiger partial charge in [-0.2, -0.15) is 0 Å². The van der Waals surface area contributed by atoms with Gasteiger partial charge in [-0.25, -0.2) is 0 Å². The van der Waals surface area contributed by atoms with E-state index in [0.717, 1.165) is 12.8 Å². The normalized spacial score (nSPS) is 23.9. The third-order valence-corrected chi connectivity index (χ3v) is 3.24. The quantitative estimate of drug-likeness (QED) is 0.714.